The molecule has 1 aliphatic rings. The van der Waals surface area contributed by atoms with Gasteiger partial charge < -0.3 is 0 Å². The summed E-state index contributed by atoms with van der Waals surface area (Å²) >= 11 is 3.52. The van der Waals surface area contributed by atoms with Crippen molar-refractivity contribution in [2.24, 2.45) is 17.3 Å². The molecular formula is C14H25Br. The standard InChI is InChI=1S/C14H25Br/c1-11(10-15)9-12-5-7-13(8-6-12)14(2,3)4/h9,12-13H,5-8,10H2,1-4H3/b11-9+. The van der Waals surface area contributed by atoms with Crippen molar-refractivity contribution in [3.8, 4) is 0 Å². The Bertz CT molecular complexity index is 214. The summed E-state index contributed by atoms with van der Waals surface area (Å²) in [5, 5.41) is 1.03. The summed E-state index contributed by atoms with van der Waals surface area (Å²) < 4.78 is 0. The SMILES string of the molecule is C/C(=C\C1CCC(C(C)(C)C)CC1)CBr. The Morgan fingerprint density at radius 1 is 1.20 bits per heavy atom. The van der Waals surface area contributed by atoms with Gasteiger partial charge in [0, 0.05) is 5.33 Å². The molecule has 0 saturated heterocycles. The number of allylic oxidation sites excluding steroid dienone is 2. The van der Waals surface area contributed by atoms with Crippen molar-refractivity contribution in [3.05, 3.63) is 11.6 Å². The number of halogens is 1. The van der Waals surface area contributed by atoms with Crippen LogP contribution in [0.15, 0.2) is 11.6 Å². The third kappa shape index (κ3) is 4.30. The minimum absolute atomic E-state index is 0.513. The zero-order valence-electron chi connectivity index (χ0n) is 10.6. The molecule has 1 saturated carbocycles. The van der Waals surface area contributed by atoms with Crippen molar-refractivity contribution in [2.45, 2.75) is 53.4 Å². The van der Waals surface area contributed by atoms with Crippen LogP contribution in [0.4, 0.5) is 0 Å². The Labute approximate surface area is 104 Å². The van der Waals surface area contributed by atoms with Gasteiger partial charge in [-0.3, -0.25) is 0 Å². The van der Waals surface area contributed by atoms with Gasteiger partial charge in [0.25, 0.3) is 0 Å². The number of alkyl halides is 1. The van der Waals surface area contributed by atoms with Crippen LogP contribution in [0.5, 0.6) is 0 Å². The van der Waals surface area contributed by atoms with E-state index in [1.54, 1.807) is 0 Å². The summed E-state index contributed by atoms with van der Waals surface area (Å²) in [6.45, 7) is 9.39. The van der Waals surface area contributed by atoms with E-state index in [-0.39, 0.29) is 0 Å². The summed E-state index contributed by atoms with van der Waals surface area (Å²) in [5.41, 5.74) is 2.01. The van der Waals surface area contributed by atoms with Crippen LogP contribution in [0.3, 0.4) is 0 Å². The third-order valence-corrected chi connectivity index (χ3v) is 4.61. The van der Waals surface area contributed by atoms with E-state index in [0.717, 1.165) is 17.2 Å². The predicted octanol–water partition coefficient (Wildman–Crippen LogP) is 5.18. The zero-order chi connectivity index (χ0) is 11.5. The van der Waals surface area contributed by atoms with Gasteiger partial charge in [0.2, 0.25) is 0 Å². The van der Waals surface area contributed by atoms with E-state index in [4.69, 9.17) is 0 Å². The molecule has 0 nitrogen and oxygen atoms in total. The Balaban J connectivity index is 2.43. The molecular weight excluding hydrogens is 248 g/mol. The second-order valence-electron chi connectivity index (χ2n) is 6.12. The number of hydrogen-bond donors (Lipinski definition) is 0. The van der Waals surface area contributed by atoms with E-state index in [1.165, 1.54) is 31.3 Å². The first-order valence-electron chi connectivity index (χ1n) is 6.16. The van der Waals surface area contributed by atoms with Crippen molar-refractivity contribution in [3.63, 3.8) is 0 Å². The summed E-state index contributed by atoms with van der Waals surface area (Å²) in [6.07, 6.45) is 8.10. The molecule has 0 aromatic rings. The van der Waals surface area contributed by atoms with Gasteiger partial charge in [-0.1, -0.05) is 48.4 Å². The average Bonchev–Trinajstić information content (AvgIpc) is 2.17. The van der Waals surface area contributed by atoms with Crippen molar-refractivity contribution in [2.75, 3.05) is 5.33 Å². The molecule has 0 bridgehead atoms. The molecule has 1 fully saturated rings. The molecule has 1 aliphatic carbocycles. The molecule has 0 unspecified atom stereocenters. The fraction of sp³-hybridized carbons (Fsp3) is 0.857. The minimum Gasteiger partial charge on any atom is -0.0880 e. The lowest BCUT2D eigenvalue weighted by molar-refractivity contribution is 0.162. The van der Waals surface area contributed by atoms with Crippen molar-refractivity contribution in [1.29, 1.82) is 0 Å². The number of rotatable bonds is 2. The van der Waals surface area contributed by atoms with Crippen molar-refractivity contribution in [1.82, 2.24) is 0 Å². The summed E-state index contributed by atoms with van der Waals surface area (Å²) in [7, 11) is 0. The van der Waals surface area contributed by atoms with Crippen LogP contribution in [0.1, 0.15) is 53.4 Å². The molecule has 15 heavy (non-hydrogen) atoms. The van der Waals surface area contributed by atoms with Gasteiger partial charge in [0.1, 0.15) is 0 Å². The highest BCUT2D eigenvalue weighted by Gasteiger charge is 2.28. The lowest BCUT2D eigenvalue weighted by atomic mass is 9.70. The Morgan fingerprint density at radius 3 is 2.13 bits per heavy atom. The zero-order valence-corrected chi connectivity index (χ0v) is 12.2. The van der Waals surface area contributed by atoms with Crippen LogP contribution >= 0.6 is 15.9 Å². The average molecular weight is 273 g/mol. The molecule has 0 heterocycles. The van der Waals surface area contributed by atoms with Crippen LogP contribution in [-0.4, -0.2) is 5.33 Å². The highest BCUT2D eigenvalue weighted by Crippen LogP contribution is 2.40. The first-order chi connectivity index (χ1) is 6.93. The smallest absolute Gasteiger partial charge is 0.0239 e. The van der Waals surface area contributed by atoms with Gasteiger partial charge in [-0.05, 0) is 49.9 Å². The molecule has 0 radical (unpaired) electrons. The van der Waals surface area contributed by atoms with E-state index in [1.807, 2.05) is 0 Å². The molecule has 0 aromatic carbocycles. The topological polar surface area (TPSA) is 0 Å². The quantitative estimate of drug-likeness (QED) is 0.480. The van der Waals surface area contributed by atoms with E-state index in [9.17, 15) is 0 Å². The largest absolute Gasteiger partial charge is 0.0880 e. The molecule has 0 atom stereocenters. The maximum absolute atomic E-state index is 3.52. The maximum atomic E-state index is 3.52. The van der Waals surface area contributed by atoms with Gasteiger partial charge in [-0.2, -0.15) is 0 Å². The summed E-state index contributed by atoms with van der Waals surface area (Å²) in [4.78, 5) is 0. The lowest BCUT2D eigenvalue weighted by Gasteiger charge is -2.36. The van der Waals surface area contributed by atoms with Crippen molar-refractivity contribution >= 4 is 15.9 Å². The van der Waals surface area contributed by atoms with Crippen LogP contribution in [0.2, 0.25) is 0 Å². The summed E-state index contributed by atoms with van der Waals surface area (Å²) in [6, 6.07) is 0. The van der Waals surface area contributed by atoms with Gasteiger partial charge in [0.15, 0.2) is 0 Å². The molecule has 1 rings (SSSR count). The van der Waals surface area contributed by atoms with Crippen LogP contribution in [0, 0.1) is 17.3 Å². The van der Waals surface area contributed by atoms with Gasteiger partial charge >= 0.3 is 0 Å². The molecule has 0 amide bonds. The summed E-state index contributed by atoms with van der Waals surface area (Å²) in [5.74, 6) is 1.78. The highest BCUT2D eigenvalue weighted by molar-refractivity contribution is 9.09. The predicted molar refractivity (Wildman–Crippen MR) is 72.5 cm³/mol. The molecule has 0 N–H and O–H groups in total. The van der Waals surface area contributed by atoms with E-state index >= 15 is 0 Å². The van der Waals surface area contributed by atoms with Gasteiger partial charge in [-0.15, -0.1) is 0 Å². The first-order valence-corrected chi connectivity index (χ1v) is 7.29. The fourth-order valence-electron chi connectivity index (χ4n) is 2.60. The van der Waals surface area contributed by atoms with E-state index in [0.29, 0.717) is 5.41 Å². The molecule has 88 valence electrons. The molecule has 0 aromatic heterocycles. The molecule has 0 spiro atoms. The van der Waals surface area contributed by atoms with E-state index in [2.05, 4.69) is 49.7 Å². The van der Waals surface area contributed by atoms with Crippen LogP contribution in [-0.2, 0) is 0 Å². The number of hydrogen-bond acceptors (Lipinski definition) is 0. The fourth-order valence-corrected chi connectivity index (χ4v) is 2.79. The highest BCUT2D eigenvalue weighted by atomic mass is 79.9. The Kier molecular flexibility index (Phi) is 4.89. The Morgan fingerprint density at radius 2 is 1.73 bits per heavy atom. The van der Waals surface area contributed by atoms with Crippen LogP contribution in [0.25, 0.3) is 0 Å². The van der Waals surface area contributed by atoms with Gasteiger partial charge in [-0.25, -0.2) is 0 Å². The molecule has 1 heteroatoms. The lowest BCUT2D eigenvalue weighted by Crippen LogP contribution is -2.25. The second kappa shape index (κ2) is 5.52. The third-order valence-electron chi connectivity index (χ3n) is 3.73. The molecule has 0 aliphatic heterocycles. The monoisotopic (exact) mass is 272 g/mol. The van der Waals surface area contributed by atoms with Crippen molar-refractivity contribution < 1.29 is 0 Å². The van der Waals surface area contributed by atoms with Gasteiger partial charge in [0.05, 0.1) is 0 Å². The second-order valence-corrected chi connectivity index (χ2v) is 6.69. The Hall–Kier alpha value is 0.220. The minimum atomic E-state index is 0.513. The van der Waals surface area contributed by atoms with Crippen LogP contribution < -0.4 is 0 Å². The van der Waals surface area contributed by atoms with E-state index < -0.39 is 0 Å². The normalized spacial score (nSPS) is 29.3. The maximum Gasteiger partial charge on any atom is 0.0239 e. The first kappa shape index (κ1) is 13.3.